The van der Waals surface area contributed by atoms with Crippen molar-refractivity contribution in [1.29, 1.82) is 0 Å². The van der Waals surface area contributed by atoms with Gasteiger partial charge in [0.05, 0.1) is 17.0 Å². The lowest BCUT2D eigenvalue weighted by atomic mass is 10.1. The summed E-state index contributed by atoms with van der Waals surface area (Å²) in [5.74, 6) is -1.25. The van der Waals surface area contributed by atoms with Crippen LogP contribution in [0.5, 0.6) is 0 Å². The smallest absolute Gasteiger partial charge is 0.234 e. The quantitative estimate of drug-likeness (QED) is 0.460. The topological polar surface area (TPSA) is 77.6 Å². The van der Waals surface area contributed by atoms with Gasteiger partial charge in [-0.1, -0.05) is 42.1 Å². The molecule has 0 spiro atoms. The Kier molecular flexibility index (Phi) is 5.81. The van der Waals surface area contributed by atoms with Crippen LogP contribution in [0.1, 0.15) is 0 Å². The number of halogens is 2. The largest absolute Gasteiger partial charge is 0.323 e. The molecule has 2 aromatic carbocycles. The van der Waals surface area contributed by atoms with Crippen molar-refractivity contribution in [2.24, 2.45) is 14.1 Å². The van der Waals surface area contributed by atoms with Gasteiger partial charge >= 0.3 is 0 Å². The Labute approximate surface area is 181 Å². The lowest BCUT2D eigenvalue weighted by Gasteiger charge is -2.07. The molecular weight excluding hydrogens is 422 g/mol. The Hall–Kier alpha value is -3.53. The van der Waals surface area contributed by atoms with Gasteiger partial charge in [-0.15, -0.1) is 10.2 Å². The molecule has 4 aromatic rings. The van der Waals surface area contributed by atoms with Crippen LogP contribution >= 0.6 is 11.8 Å². The first-order valence-electron chi connectivity index (χ1n) is 9.29. The third-order valence-corrected chi connectivity index (χ3v) is 5.51. The Morgan fingerprint density at radius 1 is 1.10 bits per heavy atom. The maximum atomic E-state index is 13.7. The maximum absolute atomic E-state index is 13.7. The molecule has 7 nitrogen and oxygen atoms in total. The van der Waals surface area contributed by atoms with E-state index in [-0.39, 0.29) is 11.4 Å². The van der Waals surface area contributed by atoms with Gasteiger partial charge in [-0.2, -0.15) is 5.10 Å². The molecule has 0 aliphatic rings. The molecule has 1 N–H and O–H groups in total. The van der Waals surface area contributed by atoms with Crippen LogP contribution in [0.4, 0.5) is 14.5 Å². The number of rotatable bonds is 6. The van der Waals surface area contributed by atoms with Crippen LogP contribution in [0.3, 0.4) is 0 Å². The molecule has 0 saturated carbocycles. The summed E-state index contributed by atoms with van der Waals surface area (Å²) in [4.78, 5) is 12.2. The summed E-state index contributed by atoms with van der Waals surface area (Å²) in [5.41, 5.74) is 2.33. The molecule has 0 aliphatic heterocycles. The number of aromatic nitrogens is 5. The van der Waals surface area contributed by atoms with Gasteiger partial charge in [0.1, 0.15) is 17.3 Å². The first-order chi connectivity index (χ1) is 14.9. The monoisotopic (exact) mass is 440 g/mol. The van der Waals surface area contributed by atoms with Gasteiger partial charge < -0.3 is 9.88 Å². The van der Waals surface area contributed by atoms with Gasteiger partial charge in [0, 0.05) is 31.9 Å². The molecule has 10 heteroatoms. The third-order valence-electron chi connectivity index (χ3n) is 4.49. The number of hydrogen-bond donors (Lipinski definition) is 1. The average Bonchev–Trinajstić information content (AvgIpc) is 3.32. The van der Waals surface area contributed by atoms with Crippen molar-refractivity contribution in [2.45, 2.75) is 5.16 Å². The van der Waals surface area contributed by atoms with Gasteiger partial charge in [0.15, 0.2) is 11.0 Å². The van der Waals surface area contributed by atoms with Crippen molar-refractivity contribution >= 4 is 23.4 Å². The molecule has 0 unspecified atom stereocenters. The highest BCUT2D eigenvalue weighted by atomic mass is 32.2. The van der Waals surface area contributed by atoms with Crippen LogP contribution in [0.2, 0.25) is 0 Å². The highest BCUT2D eigenvalue weighted by Crippen LogP contribution is 2.31. The lowest BCUT2D eigenvalue weighted by molar-refractivity contribution is -0.113. The average molecular weight is 440 g/mol. The van der Waals surface area contributed by atoms with Gasteiger partial charge in [-0.3, -0.25) is 9.48 Å². The molecule has 2 heterocycles. The molecule has 4 rings (SSSR count). The molecular formula is C21H18F2N6OS. The van der Waals surface area contributed by atoms with Crippen molar-refractivity contribution in [2.75, 3.05) is 11.1 Å². The standard InChI is InChI=1S/C21H18F2N6OS/c1-28-11-15(19(27-28)13-6-4-3-5-7-13)20-25-26-21(29(20)2)31-12-18(30)24-17-10-14(22)8-9-16(17)23/h3-11H,12H2,1-2H3,(H,24,30). The van der Waals surface area contributed by atoms with Gasteiger partial charge in [0.2, 0.25) is 5.91 Å². The first kappa shape index (κ1) is 20.7. The van der Waals surface area contributed by atoms with E-state index in [9.17, 15) is 13.6 Å². The number of anilines is 1. The summed E-state index contributed by atoms with van der Waals surface area (Å²) in [6.07, 6.45) is 1.86. The predicted octanol–water partition coefficient (Wildman–Crippen LogP) is 3.89. The summed E-state index contributed by atoms with van der Waals surface area (Å²) in [5, 5.41) is 15.9. The van der Waals surface area contributed by atoms with Crippen LogP contribution in [0.15, 0.2) is 59.9 Å². The zero-order valence-electron chi connectivity index (χ0n) is 16.7. The normalized spacial score (nSPS) is 11.0. The number of hydrogen-bond acceptors (Lipinski definition) is 5. The number of carbonyl (C=O) groups excluding carboxylic acids is 1. The molecule has 0 radical (unpaired) electrons. The van der Waals surface area contributed by atoms with Crippen molar-refractivity contribution in [3.05, 3.63) is 66.4 Å². The van der Waals surface area contributed by atoms with E-state index in [0.717, 1.165) is 46.8 Å². The van der Waals surface area contributed by atoms with Gasteiger partial charge in [-0.05, 0) is 12.1 Å². The van der Waals surface area contributed by atoms with Gasteiger partial charge in [0.25, 0.3) is 0 Å². The summed E-state index contributed by atoms with van der Waals surface area (Å²) in [6.45, 7) is 0. The molecule has 0 fully saturated rings. The highest BCUT2D eigenvalue weighted by molar-refractivity contribution is 7.99. The first-order valence-corrected chi connectivity index (χ1v) is 10.3. The Balaban J connectivity index is 1.51. The molecule has 31 heavy (non-hydrogen) atoms. The number of benzene rings is 2. The number of nitrogens with zero attached hydrogens (tertiary/aromatic N) is 5. The molecule has 2 aromatic heterocycles. The van der Waals surface area contributed by atoms with Gasteiger partial charge in [-0.25, -0.2) is 8.78 Å². The van der Waals surface area contributed by atoms with E-state index in [1.165, 1.54) is 0 Å². The minimum atomic E-state index is -0.703. The molecule has 1 amide bonds. The maximum Gasteiger partial charge on any atom is 0.234 e. The third kappa shape index (κ3) is 4.48. The molecule has 0 saturated heterocycles. The van der Waals surface area contributed by atoms with E-state index in [1.54, 1.807) is 16.3 Å². The minimum Gasteiger partial charge on any atom is -0.323 e. The fourth-order valence-corrected chi connectivity index (χ4v) is 3.76. The Morgan fingerprint density at radius 2 is 1.87 bits per heavy atom. The van der Waals surface area contributed by atoms with Crippen molar-refractivity contribution in [1.82, 2.24) is 24.5 Å². The fraction of sp³-hybridized carbons (Fsp3) is 0.143. The van der Waals surface area contributed by atoms with Crippen LogP contribution in [-0.2, 0) is 18.9 Å². The van der Waals surface area contributed by atoms with Crippen molar-refractivity contribution in [3.8, 4) is 22.6 Å². The Morgan fingerprint density at radius 3 is 2.65 bits per heavy atom. The minimum absolute atomic E-state index is 0.0412. The number of thioether (sulfide) groups is 1. The van der Waals surface area contributed by atoms with Crippen LogP contribution < -0.4 is 5.32 Å². The second-order valence-corrected chi connectivity index (χ2v) is 7.70. The summed E-state index contributed by atoms with van der Waals surface area (Å²) < 4.78 is 30.5. The van der Waals surface area contributed by atoms with Crippen LogP contribution in [0, 0.1) is 11.6 Å². The fourth-order valence-electron chi connectivity index (χ4n) is 3.05. The second kappa shape index (κ2) is 8.68. The Bertz CT molecular complexity index is 1240. The van der Waals surface area contributed by atoms with E-state index in [0.29, 0.717) is 11.0 Å². The zero-order valence-corrected chi connectivity index (χ0v) is 17.5. The van der Waals surface area contributed by atoms with E-state index >= 15 is 0 Å². The molecule has 0 atom stereocenters. The van der Waals surface area contributed by atoms with Crippen molar-refractivity contribution < 1.29 is 13.6 Å². The summed E-state index contributed by atoms with van der Waals surface area (Å²) >= 11 is 1.14. The number of amides is 1. The summed E-state index contributed by atoms with van der Waals surface area (Å²) in [6, 6.07) is 12.6. The SMILES string of the molecule is Cn1cc(-c2nnc(SCC(=O)Nc3cc(F)ccc3F)n2C)c(-c2ccccc2)n1. The van der Waals surface area contributed by atoms with E-state index in [2.05, 4.69) is 20.6 Å². The number of aryl methyl sites for hydroxylation is 1. The molecule has 0 bridgehead atoms. The van der Waals surface area contributed by atoms with E-state index in [4.69, 9.17) is 0 Å². The van der Waals surface area contributed by atoms with Crippen molar-refractivity contribution in [3.63, 3.8) is 0 Å². The zero-order chi connectivity index (χ0) is 22.0. The summed E-state index contributed by atoms with van der Waals surface area (Å²) in [7, 11) is 3.63. The number of nitrogens with one attached hydrogen (secondary N) is 1. The highest BCUT2D eigenvalue weighted by Gasteiger charge is 2.19. The van der Waals surface area contributed by atoms with Crippen LogP contribution in [-0.4, -0.2) is 36.2 Å². The van der Waals surface area contributed by atoms with E-state index < -0.39 is 17.5 Å². The number of carbonyl (C=O) groups is 1. The predicted molar refractivity (Wildman–Crippen MR) is 114 cm³/mol. The van der Waals surface area contributed by atoms with E-state index in [1.807, 2.05) is 43.6 Å². The lowest BCUT2D eigenvalue weighted by Crippen LogP contribution is -2.15. The second-order valence-electron chi connectivity index (χ2n) is 6.76. The molecule has 0 aliphatic carbocycles. The van der Waals surface area contributed by atoms with Crippen LogP contribution in [0.25, 0.3) is 22.6 Å². The molecule has 158 valence electrons.